The number of nitrogen functional groups attached to an aromatic ring is 1. The first-order valence-corrected chi connectivity index (χ1v) is 6.75. The quantitative estimate of drug-likeness (QED) is 0.687. The van der Waals surface area contributed by atoms with E-state index in [2.05, 4.69) is 20.7 Å². The predicted molar refractivity (Wildman–Crippen MR) is 80.7 cm³/mol. The van der Waals surface area contributed by atoms with E-state index >= 15 is 0 Å². The van der Waals surface area contributed by atoms with Gasteiger partial charge in [0.05, 0.1) is 12.7 Å². The average molecular weight is 336 g/mol. The molecule has 5 heteroatoms. The highest BCUT2D eigenvalue weighted by molar-refractivity contribution is 9.10. The standard InChI is InChI=1S/C15H14BrNO3/c1-19-15(18)12-8-11(6-7-14(12)17)20-9-10-4-2-3-5-13(10)16/h2-8H,9,17H2,1H3. The van der Waals surface area contributed by atoms with E-state index in [4.69, 9.17) is 10.5 Å². The Morgan fingerprint density at radius 1 is 1.25 bits per heavy atom. The molecule has 20 heavy (non-hydrogen) atoms. The molecule has 0 radical (unpaired) electrons. The molecule has 0 aliphatic carbocycles. The Labute approximate surface area is 125 Å². The highest BCUT2D eigenvalue weighted by Gasteiger charge is 2.11. The van der Waals surface area contributed by atoms with E-state index in [9.17, 15) is 4.79 Å². The minimum atomic E-state index is -0.478. The second-order valence-corrected chi connectivity index (χ2v) is 4.98. The highest BCUT2D eigenvalue weighted by atomic mass is 79.9. The third-order valence-electron chi connectivity index (χ3n) is 2.78. The van der Waals surface area contributed by atoms with Crippen LogP contribution in [0.4, 0.5) is 5.69 Å². The fraction of sp³-hybridized carbons (Fsp3) is 0.133. The van der Waals surface area contributed by atoms with Crippen LogP contribution in [0.1, 0.15) is 15.9 Å². The lowest BCUT2D eigenvalue weighted by atomic mass is 10.1. The number of esters is 1. The monoisotopic (exact) mass is 335 g/mol. The minimum Gasteiger partial charge on any atom is -0.489 e. The molecule has 104 valence electrons. The molecule has 2 N–H and O–H groups in total. The maximum Gasteiger partial charge on any atom is 0.340 e. The lowest BCUT2D eigenvalue weighted by molar-refractivity contribution is 0.0601. The van der Waals surface area contributed by atoms with E-state index in [0.29, 0.717) is 23.6 Å². The number of carbonyl (C=O) groups excluding carboxylic acids is 1. The second-order valence-electron chi connectivity index (χ2n) is 4.12. The first kappa shape index (κ1) is 14.4. The Morgan fingerprint density at radius 2 is 2.00 bits per heavy atom. The van der Waals surface area contributed by atoms with Crippen molar-refractivity contribution in [2.24, 2.45) is 0 Å². The Hall–Kier alpha value is -2.01. The first-order valence-electron chi connectivity index (χ1n) is 5.96. The van der Waals surface area contributed by atoms with Gasteiger partial charge in [0, 0.05) is 15.7 Å². The smallest absolute Gasteiger partial charge is 0.340 e. The average Bonchev–Trinajstić information content (AvgIpc) is 2.47. The fourth-order valence-corrected chi connectivity index (χ4v) is 2.09. The lowest BCUT2D eigenvalue weighted by Gasteiger charge is -2.10. The van der Waals surface area contributed by atoms with Crippen LogP contribution in [0.25, 0.3) is 0 Å². The summed E-state index contributed by atoms with van der Waals surface area (Å²) in [7, 11) is 1.32. The van der Waals surface area contributed by atoms with Crippen LogP contribution in [0.2, 0.25) is 0 Å². The van der Waals surface area contributed by atoms with Gasteiger partial charge in [-0.05, 0) is 24.3 Å². The number of ether oxygens (including phenoxy) is 2. The SMILES string of the molecule is COC(=O)c1cc(OCc2ccccc2Br)ccc1N. The molecule has 4 nitrogen and oxygen atoms in total. The summed E-state index contributed by atoms with van der Waals surface area (Å²) in [5.74, 6) is 0.0872. The van der Waals surface area contributed by atoms with Gasteiger partial charge in [0.1, 0.15) is 12.4 Å². The number of hydrogen-bond donors (Lipinski definition) is 1. The summed E-state index contributed by atoms with van der Waals surface area (Å²) < 4.78 is 11.3. The molecule has 0 fully saturated rings. The van der Waals surface area contributed by atoms with E-state index in [-0.39, 0.29) is 0 Å². The fourth-order valence-electron chi connectivity index (χ4n) is 1.69. The van der Waals surface area contributed by atoms with Crippen molar-refractivity contribution in [3.8, 4) is 5.75 Å². The molecule has 0 atom stereocenters. The van der Waals surface area contributed by atoms with Gasteiger partial charge in [-0.25, -0.2) is 4.79 Å². The summed E-state index contributed by atoms with van der Waals surface area (Å²) >= 11 is 3.46. The largest absolute Gasteiger partial charge is 0.489 e. The number of benzene rings is 2. The van der Waals surface area contributed by atoms with Gasteiger partial charge in [-0.3, -0.25) is 0 Å². The van der Waals surface area contributed by atoms with Crippen molar-refractivity contribution in [3.63, 3.8) is 0 Å². The first-order chi connectivity index (χ1) is 9.61. The molecule has 2 rings (SSSR count). The van der Waals surface area contributed by atoms with E-state index in [0.717, 1.165) is 10.0 Å². The van der Waals surface area contributed by atoms with Crippen LogP contribution in [0.3, 0.4) is 0 Å². The van der Waals surface area contributed by atoms with Crippen LogP contribution < -0.4 is 10.5 Å². The number of methoxy groups -OCH3 is 1. The number of halogens is 1. The van der Waals surface area contributed by atoms with Gasteiger partial charge < -0.3 is 15.2 Å². The summed E-state index contributed by atoms with van der Waals surface area (Å²) in [6.45, 7) is 0.395. The molecule has 0 heterocycles. The molecule has 2 aromatic rings. The van der Waals surface area contributed by atoms with Gasteiger partial charge >= 0.3 is 5.97 Å². The van der Waals surface area contributed by atoms with Crippen molar-refractivity contribution in [1.82, 2.24) is 0 Å². The van der Waals surface area contributed by atoms with Crippen molar-refractivity contribution >= 4 is 27.6 Å². The summed E-state index contributed by atoms with van der Waals surface area (Å²) in [4.78, 5) is 11.5. The van der Waals surface area contributed by atoms with Gasteiger partial charge in [0.2, 0.25) is 0 Å². The molecule has 2 aromatic carbocycles. The summed E-state index contributed by atoms with van der Waals surface area (Å²) in [5.41, 5.74) is 7.42. The molecule has 0 saturated heterocycles. The minimum absolute atomic E-state index is 0.303. The Kier molecular flexibility index (Phi) is 4.63. The Morgan fingerprint density at radius 3 is 2.70 bits per heavy atom. The maximum atomic E-state index is 11.5. The third-order valence-corrected chi connectivity index (χ3v) is 3.56. The van der Waals surface area contributed by atoms with Crippen LogP contribution in [-0.4, -0.2) is 13.1 Å². The van der Waals surface area contributed by atoms with E-state index in [1.807, 2.05) is 24.3 Å². The number of nitrogens with two attached hydrogens (primary N) is 1. The number of carbonyl (C=O) groups is 1. The van der Waals surface area contributed by atoms with Crippen LogP contribution in [0, 0.1) is 0 Å². The molecule has 0 bridgehead atoms. The molecule has 0 aromatic heterocycles. The highest BCUT2D eigenvalue weighted by Crippen LogP contribution is 2.23. The van der Waals surface area contributed by atoms with Crippen molar-refractivity contribution < 1.29 is 14.3 Å². The third kappa shape index (κ3) is 3.30. The summed E-state index contributed by atoms with van der Waals surface area (Å²) in [5, 5.41) is 0. The van der Waals surface area contributed by atoms with Gasteiger partial charge in [-0.1, -0.05) is 34.1 Å². The van der Waals surface area contributed by atoms with E-state index in [1.165, 1.54) is 7.11 Å². The van der Waals surface area contributed by atoms with Gasteiger partial charge in [-0.2, -0.15) is 0 Å². The van der Waals surface area contributed by atoms with Crippen LogP contribution in [0.5, 0.6) is 5.75 Å². The molecular formula is C15H14BrNO3. The zero-order valence-corrected chi connectivity index (χ0v) is 12.5. The zero-order valence-electron chi connectivity index (χ0n) is 10.9. The molecular weight excluding hydrogens is 322 g/mol. The molecule has 0 aliphatic heterocycles. The lowest BCUT2D eigenvalue weighted by Crippen LogP contribution is -2.06. The maximum absolute atomic E-state index is 11.5. The van der Waals surface area contributed by atoms with Gasteiger partial charge in [-0.15, -0.1) is 0 Å². The van der Waals surface area contributed by atoms with Crippen LogP contribution in [-0.2, 0) is 11.3 Å². The van der Waals surface area contributed by atoms with Crippen LogP contribution >= 0.6 is 15.9 Å². The Bertz CT molecular complexity index is 628. The molecule has 0 spiro atoms. The number of rotatable bonds is 4. The van der Waals surface area contributed by atoms with Crippen molar-refractivity contribution in [2.75, 3.05) is 12.8 Å². The zero-order chi connectivity index (χ0) is 14.5. The molecule has 0 saturated carbocycles. The normalized spacial score (nSPS) is 10.1. The summed E-state index contributed by atoms with van der Waals surface area (Å²) in [6.07, 6.45) is 0. The second kappa shape index (κ2) is 6.43. The van der Waals surface area contributed by atoms with E-state index < -0.39 is 5.97 Å². The van der Waals surface area contributed by atoms with Gasteiger partial charge in [0.15, 0.2) is 0 Å². The number of hydrogen-bond acceptors (Lipinski definition) is 4. The van der Waals surface area contributed by atoms with Gasteiger partial charge in [0.25, 0.3) is 0 Å². The molecule has 0 unspecified atom stereocenters. The molecule has 0 aliphatic rings. The topological polar surface area (TPSA) is 61.5 Å². The van der Waals surface area contributed by atoms with E-state index in [1.54, 1.807) is 18.2 Å². The van der Waals surface area contributed by atoms with Crippen molar-refractivity contribution in [1.29, 1.82) is 0 Å². The van der Waals surface area contributed by atoms with Crippen LogP contribution in [0.15, 0.2) is 46.9 Å². The molecule has 0 amide bonds. The Balaban J connectivity index is 2.14. The predicted octanol–water partition coefficient (Wildman–Crippen LogP) is 3.40. The van der Waals surface area contributed by atoms with Crippen molar-refractivity contribution in [2.45, 2.75) is 6.61 Å². The summed E-state index contributed by atoms with van der Waals surface area (Å²) in [6, 6.07) is 12.7. The number of anilines is 1. The van der Waals surface area contributed by atoms with Crippen molar-refractivity contribution in [3.05, 3.63) is 58.1 Å².